The van der Waals surface area contributed by atoms with Crippen LogP contribution in [0.3, 0.4) is 0 Å². The minimum atomic E-state index is 0. The Labute approximate surface area is 140 Å². The average molecular weight is 344 g/mol. The Bertz CT molecular complexity index is 495. The lowest BCUT2D eigenvalue weighted by molar-refractivity contribution is -0.136. The van der Waals surface area contributed by atoms with Gasteiger partial charge in [0.1, 0.15) is 0 Å². The molecule has 2 saturated heterocycles. The van der Waals surface area contributed by atoms with Crippen LogP contribution >= 0.6 is 23.7 Å². The number of carbonyl (C=O) groups is 2. The molecule has 2 fully saturated rings. The minimum Gasteiger partial charge on any atom is -0.349 e. The van der Waals surface area contributed by atoms with Gasteiger partial charge in [-0.1, -0.05) is 0 Å². The SMILES string of the molecule is Cl.O=C(NC1CCN(C(=O)C2CCNC2)CC1)c1ccsc1. The molecule has 0 aliphatic carbocycles. The van der Waals surface area contributed by atoms with Crippen LogP contribution in [0.1, 0.15) is 29.6 Å². The molecular formula is C15H22ClN3O2S. The molecule has 0 aromatic carbocycles. The van der Waals surface area contributed by atoms with Crippen LogP contribution in [0.2, 0.25) is 0 Å². The van der Waals surface area contributed by atoms with E-state index in [1.807, 2.05) is 21.7 Å². The quantitative estimate of drug-likeness (QED) is 0.874. The molecular weight excluding hydrogens is 322 g/mol. The monoisotopic (exact) mass is 343 g/mol. The number of piperidine rings is 1. The smallest absolute Gasteiger partial charge is 0.252 e. The van der Waals surface area contributed by atoms with Gasteiger partial charge in [0, 0.05) is 36.6 Å². The van der Waals surface area contributed by atoms with Crippen LogP contribution < -0.4 is 10.6 Å². The summed E-state index contributed by atoms with van der Waals surface area (Å²) in [5.41, 5.74) is 0.732. The fraction of sp³-hybridized carbons (Fsp3) is 0.600. The van der Waals surface area contributed by atoms with Gasteiger partial charge in [-0.2, -0.15) is 11.3 Å². The van der Waals surface area contributed by atoms with Crippen LogP contribution in [-0.4, -0.2) is 48.9 Å². The van der Waals surface area contributed by atoms with Crippen molar-refractivity contribution in [3.05, 3.63) is 22.4 Å². The molecule has 2 aliphatic heterocycles. The van der Waals surface area contributed by atoms with Gasteiger partial charge in [0.25, 0.3) is 5.91 Å². The fourth-order valence-corrected chi connectivity index (χ4v) is 3.67. The second kappa shape index (κ2) is 7.94. The van der Waals surface area contributed by atoms with E-state index < -0.39 is 0 Å². The Hall–Kier alpha value is -1.11. The number of hydrogen-bond acceptors (Lipinski definition) is 4. The maximum absolute atomic E-state index is 12.3. The second-order valence-electron chi connectivity index (χ2n) is 5.77. The predicted molar refractivity (Wildman–Crippen MR) is 89.6 cm³/mol. The van der Waals surface area contributed by atoms with Gasteiger partial charge in [-0.3, -0.25) is 9.59 Å². The molecule has 0 bridgehead atoms. The van der Waals surface area contributed by atoms with Crippen molar-refractivity contribution in [2.75, 3.05) is 26.2 Å². The van der Waals surface area contributed by atoms with E-state index in [-0.39, 0.29) is 36.2 Å². The summed E-state index contributed by atoms with van der Waals surface area (Å²) in [6, 6.07) is 2.02. The summed E-state index contributed by atoms with van der Waals surface area (Å²) in [4.78, 5) is 26.3. The number of thiophene rings is 1. The molecule has 3 heterocycles. The number of halogens is 1. The molecule has 2 aliphatic rings. The van der Waals surface area contributed by atoms with Gasteiger partial charge in [0.05, 0.1) is 5.92 Å². The van der Waals surface area contributed by atoms with Crippen molar-refractivity contribution >= 4 is 35.6 Å². The van der Waals surface area contributed by atoms with E-state index in [0.29, 0.717) is 0 Å². The Morgan fingerprint density at radius 1 is 1.27 bits per heavy atom. The van der Waals surface area contributed by atoms with Crippen LogP contribution in [0.5, 0.6) is 0 Å². The molecule has 1 unspecified atom stereocenters. The number of likely N-dealkylation sites (tertiary alicyclic amines) is 1. The van der Waals surface area contributed by atoms with E-state index in [4.69, 9.17) is 0 Å². The maximum atomic E-state index is 12.3. The minimum absolute atomic E-state index is 0. The summed E-state index contributed by atoms with van der Waals surface area (Å²) >= 11 is 1.53. The Balaban J connectivity index is 0.00000176. The van der Waals surface area contributed by atoms with Gasteiger partial charge in [0.2, 0.25) is 5.91 Å². The Morgan fingerprint density at radius 3 is 2.64 bits per heavy atom. The molecule has 2 amide bonds. The summed E-state index contributed by atoms with van der Waals surface area (Å²) in [5, 5.41) is 10.1. The van der Waals surface area contributed by atoms with Gasteiger partial charge in [-0.15, -0.1) is 12.4 Å². The zero-order valence-electron chi connectivity index (χ0n) is 12.4. The van der Waals surface area contributed by atoms with Crippen LogP contribution in [-0.2, 0) is 4.79 Å². The number of carbonyl (C=O) groups excluding carboxylic acids is 2. The maximum Gasteiger partial charge on any atom is 0.252 e. The topological polar surface area (TPSA) is 61.4 Å². The normalized spacial score (nSPS) is 22.2. The van der Waals surface area contributed by atoms with E-state index in [1.54, 1.807) is 0 Å². The lowest BCUT2D eigenvalue weighted by Crippen LogP contribution is -2.48. The van der Waals surface area contributed by atoms with Crippen molar-refractivity contribution in [1.82, 2.24) is 15.5 Å². The van der Waals surface area contributed by atoms with Gasteiger partial charge < -0.3 is 15.5 Å². The molecule has 3 rings (SSSR count). The molecule has 1 atom stereocenters. The summed E-state index contributed by atoms with van der Waals surface area (Å²) in [6.45, 7) is 3.27. The third-order valence-electron chi connectivity index (χ3n) is 4.33. The van der Waals surface area contributed by atoms with E-state index in [9.17, 15) is 9.59 Å². The van der Waals surface area contributed by atoms with Gasteiger partial charge in [0.15, 0.2) is 0 Å². The van der Waals surface area contributed by atoms with Crippen molar-refractivity contribution in [2.45, 2.75) is 25.3 Å². The second-order valence-corrected chi connectivity index (χ2v) is 6.55. The summed E-state index contributed by atoms with van der Waals surface area (Å²) in [5.74, 6) is 0.436. The van der Waals surface area contributed by atoms with Gasteiger partial charge >= 0.3 is 0 Å². The summed E-state index contributed by atoms with van der Waals surface area (Å²) in [6.07, 6.45) is 2.65. The van der Waals surface area contributed by atoms with Crippen molar-refractivity contribution in [2.24, 2.45) is 5.92 Å². The Morgan fingerprint density at radius 2 is 2.05 bits per heavy atom. The van der Waals surface area contributed by atoms with Crippen molar-refractivity contribution < 1.29 is 9.59 Å². The first-order valence-corrected chi connectivity index (χ1v) is 8.51. The molecule has 0 saturated carbocycles. The highest BCUT2D eigenvalue weighted by atomic mass is 35.5. The van der Waals surface area contributed by atoms with Crippen LogP contribution in [0.4, 0.5) is 0 Å². The molecule has 7 heteroatoms. The molecule has 5 nitrogen and oxygen atoms in total. The number of rotatable bonds is 3. The van der Waals surface area contributed by atoms with Crippen molar-refractivity contribution in [3.8, 4) is 0 Å². The zero-order valence-corrected chi connectivity index (χ0v) is 14.0. The Kier molecular flexibility index (Phi) is 6.23. The zero-order chi connectivity index (χ0) is 14.7. The molecule has 0 spiro atoms. The highest BCUT2D eigenvalue weighted by Crippen LogP contribution is 2.17. The predicted octanol–water partition coefficient (Wildman–Crippen LogP) is 1.50. The van der Waals surface area contributed by atoms with E-state index in [2.05, 4.69) is 10.6 Å². The number of hydrogen-bond donors (Lipinski definition) is 2. The summed E-state index contributed by atoms with van der Waals surface area (Å²) < 4.78 is 0. The van der Waals surface area contributed by atoms with E-state index in [0.717, 1.165) is 51.0 Å². The molecule has 1 aromatic heterocycles. The third kappa shape index (κ3) is 4.00. The van der Waals surface area contributed by atoms with Gasteiger partial charge in [-0.25, -0.2) is 0 Å². The first-order valence-electron chi connectivity index (χ1n) is 7.56. The van der Waals surface area contributed by atoms with Crippen LogP contribution in [0.15, 0.2) is 16.8 Å². The lowest BCUT2D eigenvalue weighted by Gasteiger charge is -2.33. The number of nitrogens with one attached hydrogen (secondary N) is 2. The highest BCUT2D eigenvalue weighted by Gasteiger charge is 2.30. The standard InChI is InChI=1S/C15H21N3O2S.ClH/c19-14(12-4-8-21-10-12)17-13-2-6-18(7-3-13)15(20)11-1-5-16-9-11;/h4,8,10-11,13,16H,1-3,5-7,9H2,(H,17,19);1H. The van der Waals surface area contributed by atoms with Crippen LogP contribution in [0, 0.1) is 5.92 Å². The third-order valence-corrected chi connectivity index (χ3v) is 5.02. The molecule has 0 radical (unpaired) electrons. The molecule has 1 aromatic rings. The first-order chi connectivity index (χ1) is 10.2. The fourth-order valence-electron chi connectivity index (χ4n) is 3.03. The van der Waals surface area contributed by atoms with Crippen molar-refractivity contribution in [1.29, 1.82) is 0 Å². The van der Waals surface area contributed by atoms with E-state index >= 15 is 0 Å². The lowest BCUT2D eigenvalue weighted by atomic mass is 10.0. The largest absolute Gasteiger partial charge is 0.349 e. The molecule has 122 valence electrons. The van der Waals surface area contributed by atoms with Crippen LogP contribution in [0.25, 0.3) is 0 Å². The summed E-state index contributed by atoms with van der Waals surface area (Å²) in [7, 11) is 0. The number of amides is 2. The van der Waals surface area contributed by atoms with Crippen molar-refractivity contribution in [3.63, 3.8) is 0 Å². The molecule has 2 N–H and O–H groups in total. The first kappa shape index (κ1) is 17.2. The number of nitrogens with zero attached hydrogens (tertiary/aromatic N) is 1. The average Bonchev–Trinajstić information content (AvgIpc) is 3.20. The highest BCUT2D eigenvalue weighted by molar-refractivity contribution is 7.08. The van der Waals surface area contributed by atoms with Gasteiger partial charge in [-0.05, 0) is 37.3 Å². The molecule has 22 heavy (non-hydrogen) atoms. The van der Waals surface area contributed by atoms with E-state index in [1.165, 1.54) is 11.3 Å².